The first kappa shape index (κ1) is 15.9. The summed E-state index contributed by atoms with van der Waals surface area (Å²) in [4.78, 5) is 12.5. The van der Waals surface area contributed by atoms with Crippen molar-refractivity contribution in [2.24, 2.45) is 0 Å². The molecule has 128 valence electrons. The molecule has 24 heavy (non-hydrogen) atoms. The molecule has 0 aromatic carbocycles. The van der Waals surface area contributed by atoms with E-state index in [4.69, 9.17) is 9.15 Å². The van der Waals surface area contributed by atoms with Crippen LogP contribution in [0, 0.1) is 6.92 Å². The Kier molecular flexibility index (Phi) is 4.47. The summed E-state index contributed by atoms with van der Waals surface area (Å²) in [5, 5.41) is 8.10. The van der Waals surface area contributed by atoms with Crippen molar-refractivity contribution < 1.29 is 9.15 Å². The third kappa shape index (κ3) is 3.16. The normalized spacial score (nSPS) is 23.4. The van der Waals surface area contributed by atoms with Crippen molar-refractivity contribution in [2.45, 2.75) is 37.7 Å². The molecule has 4 heterocycles. The second-order valence-electron chi connectivity index (χ2n) is 6.31. The van der Waals surface area contributed by atoms with Gasteiger partial charge in [-0.15, -0.1) is 0 Å². The predicted molar refractivity (Wildman–Crippen MR) is 92.3 cm³/mol. The molecular weight excluding hydrogens is 326 g/mol. The monoisotopic (exact) mass is 347 g/mol. The Labute approximate surface area is 144 Å². The molecule has 1 fully saturated rings. The molecule has 0 bridgehead atoms. The topological polar surface area (TPSA) is 69.3 Å². The molecule has 6 nitrogen and oxygen atoms in total. The molecule has 0 amide bonds. The fourth-order valence-electron chi connectivity index (χ4n) is 3.26. The van der Waals surface area contributed by atoms with Gasteiger partial charge in [0.05, 0.1) is 37.5 Å². The molecule has 2 aliphatic rings. The number of nitrogens with zero attached hydrogens (tertiary/aromatic N) is 2. The van der Waals surface area contributed by atoms with E-state index in [-0.39, 0.29) is 17.6 Å². The Bertz CT molecular complexity index is 786. The van der Waals surface area contributed by atoms with E-state index in [0.717, 1.165) is 40.7 Å². The van der Waals surface area contributed by atoms with Gasteiger partial charge in [-0.05, 0) is 30.4 Å². The molecular formula is C17H21N3O3S. The molecule has 4 rings (SSSR count). The van der Waals surface area contributed by atoms with Crippen molar-refractivity contribution in [3.63, 3.8) is 0 Å². The van der Waals surface area contributed by atoms with Crippen LogP contribution < -0.4 is 10.9 Å². The van der Waals surface area contributed by atoms with Crippen molar-refractivity contribution in [3.8, 4) is 0 Å². The van der Waals surface area contributed by atoms with E-state index in [9.17, 15) is 4.79 Å². The summed E-state index contributed by atoms with van der Waals surface area (Å²) in [5.74, 6) is 3.75. The molecule has 2 aromatic rings. The lowest BCUT2D eigenvalue weighted by Crippen LogP contribution is -2.41. The number of aryl methyl sites for hydroxylation is 2. The minimum absolute atomic E-state index is 0.0348. The minimum Gasteiger partial charge on any atom is -0.465 e. The van der Waals surface area contributed by atoms with E-state index in [1.54, 1.807) is 10.7 Å². The van der Waals surface area contributed by atoms with Crippen LogP contribution in [0.15, 0.2) is 27.4 Å². The maximum atomic E-state index is 12.5. The molecule has 2 unspecified atom stereocenters. The Hall–Kier alpha value is -1.57. The molecule has 1 N–H and O–H groups in total. The van der Waals surface area contributed by atoms with E-state index >= 15 is 0 Å². The first-order valence-electron chi connectivity index (χ1n) is 8.26. The summed E-state index contributed by atoms with van der Waals surface area (Å²) in [6.07, 6.45) is 0.928. The first-order chi connectivity index (χ1) is 11.7. The summed E-state index contributed by atoms with van der Waals surface area (Å²) in [7, 11) is 0. The molecule has 2 aromatic heterocycles. The number of nitrogens with one attached hydrogen (secondary N) is 1. The molecule has 0 radical (unpaired) electrons. The minimum atomic E-state index is -0.0755. The SMILES string of the molecule is Cc1ccc(CNC2COCC2n2nc3c(cc2=O)CSCC3)o1. The van der Waals surface area contributed by atoms with Crippen LogP contribution in [0.1, 0.15) is 28.8 Å². The zero-order valence-electron chi connectivity index (χ0n) is 13.7. The molecule has 7 heteroatoms. The summed E-state index contributed by atoms with van der Waals surface area (Å²) in [6.45, 7) is 3.63. The molecule has 2 aliphatic heterocycles. The second-order valence-corrected chi connectivity index (χ2v) is 7.41. The number of hydrogen-bond acceptors (Lipinski definition) is 6. The molecule has 2 atom stereocenters. The van der Waals surface area contributed by atoms with E-state index < -0.39 is 0 Å². The largest absolute Gasteiger partial charge is 0.465 e. The standard InChI is InChI=1S/C17H21N3O3S/c1-11-2-3-13(23-11)7-18-15-8-22-9-16(15)20-17(21)6-12-10-24-5-4-14(12)19-20/h2-3,6,15-16,18H,4-5,7-10H2,1H3. The third-order valence-electron chi connectivity index (χ3n) is 4.56. The Morgan fingerprint density at radius 3 is 3.17 bits per heavy atom. The van der Waals surface area contributed by atoms with Crippen LogP contribution >= 0.6 is 11.8 Å². The molecule has 1 saturated heterocycles. The average molecular weight is 347 g/mol. The highest BCUT2D eigenvalue weighted by Gasteiger charge is 2.32. The smallest absolute Gasteiger partial charge is 0.267 e. The van der Waals surface area contributed by atoms with Crippen molar-refractivity contribution in [1.82, 2.24) is 15.1 Å². The third-order valence-corrected chi connectivity index (χ3v) is 5.57. The van der Waals surface area contributed by atoms with Gasteiger partial charge in [-0.1, -0.05) is 0 Å². The predicted octanol–water partition coefficient (Wildman–Crippen LogP) is 1.66. The maximum Gasteiger partial charge on any atom is 0.267 e. The quantitative estimate of drug-likeness (QED) is 0.907. The summed E-state index contributed by atoms with van der Waals surface area (Å²) in [5.41, 5.74) is 2.11. The number of rotatable bonds is 4. The van der Waals surface area contributed by atoms with E-state index in [1.165, 1.54) is 0 Å². The van der Waals surface area contributed by atoms with Gasteiger partial charge in [-0.3, -0.25) is 4.79 Å². The van der Waals surface area contributed by atoms with E-state index in [1.807, 2.05) is 30.8 Å². The lowest BCUT2D eigenvalue weighted by atomic mass is 10.1. The van der Waals surface area contributed by atoms with Gasteiger partial charge in [0.25, 0.3) is 5.56 Å². The van der Waals surface area contributed by atoms with Gasteiger partial charge in [0.2, 0.25) is 0 Å². The average Bonchev–Trinajstić information content (AvgIpc) is 3.21. The fraction of sp³-hybridized carbons (Fsp3) is 0.529. The number of fused-ring (bicyclic) bond motifs is 1. The number of furan rings is 1. The van der Waals surface area contributed by atoms with E-state index in [2.05, 4.69) is 10.4 Å². The summed E-state index contributed by atoms with van der Waals surface area (Å²) >= 11 is 1.86. The van der Waals surface area contributed by atoms with Gasteiger partial charge in [0.1, 0.15) is 11.5 Å². The number of thioether (sulfide) groups is 1. The lowest BCUT2D eigenvalue weighted by molar-refractivity contribution is 0.180. The van der Waals surface area contributed by atoms with Gasteiger partial charge in [-0.25, -0.2) is 4.68 Å². The van der Waals surface area contributed by atoms with Crippen LogP contribution in [0.25, 0.3) is 0 Å². The van der Waals surface area contributed by atoms with Gasteiger partial charge in [-0.2, -0.15) is 16.9 Å². The number of hydrogen-bond donors (Lipinski definition) is 1. The van der Waals surface area contributed by atoms with Gasteiger partial charge in [0.15, 0.2) is 0 Å². The highest BCUT2D eigenvalue weighted by Crippen LogP contribution is 2.23. The van der Waals surface area contributed by atoms with E-state index in [0.29, 0.717) is 19.8 Å². The van der Waals surface area contributed by atoms with Crippen LogP contribution in [-0.2, 0) is 23.5 Å². The van der Waals surface area contributed by atoms with Crippen LogP contribution in [0.2, 0.25) is 0 Å². The summed E-state index contributed by atoms with van der Waals surface area (Å²) < 4.78 is 12.8. The van der Waals surface area contributed by atoms with Crippen LogP contribution in [0.4, 0.5) is 0 Å². The number of aromatic nitrogens is 2. The van der Waals surface area contributed by atoms with Gasteiger partial charge in [0, 0.05) is 18.2 Å². The highest BCUT2D eigenvalue weighted by molar-refractivity contribution is 7.98. The summed E-state index contributed by atoms with van der Waals surface area (Å²) in [6, 6.07) is 5.64. The van der Waals surface area contributed by atoms with Gasteiger partial charge < -0.3 is 14.5 Å². The molecule has 0 spiro atoms. The molecule has 0 aliphatic carbocycles. The fourth-order valence-corrected chi connectivity index (χ4v) is 4.21. The Balaban J connectivity index is 1.53. The zero-order valence-corrected chi connectivity index (χ0v) is 14.5. The lowest BCUT2D eigenvalue weighted by Gasteiger charge is -2.22. The Morgan fingerprint density at radius 2 is 2.33 bits per heavy atom. The van der Waals surface area contributed by atoms with Crippen molar-refractivity contribution in [3.05, 3.63) is 51.3 Å². The zero-order chi connectivity index (χ0) is 16.5. The first-order valence-corrected chi connectivity index (χ1v) is 9.42. The van der Waals surface area contributed by atoms with Crippen molar-refractivity contribution in [2.75, 3.05) is 19.0 Å². The van der Waals surface area contributed by atoms with Gasteiger partial charge >= 0.3 is 0 Å². The van der Waals surface area contributed by atoms with Crippen molar-refractivity contribution >= 4 is 11.8 Å². The van der Waals surface area contributed by atoms with Crippen molar-refractivity contribution in [1.29, 1.82) is 0 Å². The van der Waals surface area contributed by atoms with Crippen LogP contribution in [0.5, 0.6) is 0 Å². The maximum absolute atomic E-state index is 12.5. The Morgan fingerprint density at radius 1 is 1.42 bits per heavy atom. The number of ether oxygens (including phenoxy) is 1. The van der Waals surface area contributed by atoms with Crippen LogP contribution in [0.3, 0.4) is 0 Å². The highest BCUT2D eigenvalue weighted by atomic mass is 32.2. The molecule has 0 saturated carbocycles. The second kappa shape index (κ2) is 6.74. The van der Waals surface area contributed by atoms with Crippen LogP contribution in [-0.4, -0.2) is 34.8 Å².